The summed E-state index contributed by atoms with van der Waals surface area (Å²) < 4.78 is 5.68. The molecule has 0 atom stereocenters. The van der Waals surface area contributed by atoms with Gasteiger partial charge >= 0.3 is 0 Å². The number of benzene rings is 1. The molecule has 4 N–H and O–H groups in total. The number of nitrogens with one attached hydrogen (secondary N) is 2. The van der Waals surface area contributed by atoms with Gasteiger partial charge in [-0.2, -0.15) is 0 Å². The summed E-state index contributed by atoms with van der Waals surface area (Å²) in [5, 5.41) is 2.89. The molecule has 6 nitrogen and oxygen atoms in total. The number of hydrogen-bond donors (Lipinski definition) is 3. The van der Waals surface area contributed by atoms with E-state index in [2.05, 4.69) is 38.2 Å². The Morgan fingerprint density at radius 3 is 2.35 bits per heavy atom. The number of likely N-dealkylation sites (tertiary alicyclic amines) is 1. The molecule has 0 aromatic heterocycles. The Kier molecular flexibility index (Phi) is 7.03. The van der Waals surface area contributed by atoms with Crippen LogP contribution >= 0.6 is 0 Å². The molecule has 26 heavy (non-hydrogen) atoms. The van der Waals surface area contributed by atoms with Gasteiger partial charge in [0.15, 0.2) is 6.54 Å². The first-order valence-corrected chi connectivity index (χ1v) is 9.38. The van der Waals surface area contributed by atoms with Crippen LogP contribution in [0.3, 0.4) is 0 Å². The standard InChI is InChI=1S/C20H31N3O3/c1-20(2,3)16-4-6-17(7-5-16)26-13-10-22-18(24)14-23-11-8-15(9-12-23)19(21)25/h4-7,15H,8-14H2,1-3H3,(H2,21,25)(H,22,24)/p+1. The Morgan fingerprint density at radius 1 is 1.19 bits per heavy atom. The molecule has 1 aromatic rings. The van der Waals surface area contributed by atoms with Crippen LogP contribution < -0.4 is 20.7 Å². The van der Waals surface area contributed by atoms with Crippen molar-refractivity contribution in [3.8, 4) is 5.75 Å². The quantitative estimate of drug-likeness (QED) is 0.608. The zero-order chi connectivity index (χ0) is 19.2. The SMILES string of the molecule is CC(C)(C)c1ccc(OCCNC(=O)C[NH+]2CCC(C(N)=O)CC2)cc1. The molecule has 1 saturated heterocycles. The molecule has 0 aliphatic carbocycles. The fraction of sp³-hybridized carbons (Fsp3) is 0.600. The summed E-state index contributed by atoms with van der Waals surface area (Å²) >= 11 is 0. The Labute approximate surface area is 156 Å². The van der Waals surface area contributed by atoms with Crippen LogP contribution in [0.25, 0.3) is 0 Å². The van der Waals surface area contributed by atoms with E-state index in [1.54, 1.807) is 0 Å². The number of piperidine rings is 1. The molecule has 2 rings (SSSR count). The van der Waals surface area contributed by atoms with Crippen LogP contribution in [-0.2, 0) is 15.0 Å². The Morgan fingerprint density at radius 2 is 1.81 bits per heavy atom. The molecule has 0 spiro atoms. The smallest absolute Gasteiger partial charge is 0.275 e. The molecule has 1 heterocycles. The van der Waals surface area contributed by atoms with Gasteiger partial charge in [0.25, 0.3) is 5.91 Å². The fourth-order valence-corrected chi connectivity index (χ4v) is 3.19. The summed E-state index contributed by atoms with van der Waals surface area (Å²) in [6.07, 6.45) is 1.54. The maximum atomic E-state index is 12.0. The van der Waals surface area contributed by atoms with Crippen molar-refractivity contribution in [3.05, 3.63) is 29.8 Å². The molecule has 6 heteroatoms. The number of amides is 2. The van der Waals surface area contributed by atoms with Crippen molar-refractivity contribution in [1.29, 1.82) is 0 Å². The second-order valence-electron chi connectivity index (χ2n) is 8.08. The van der Waals surface area contributed by atoms with Crippen molar-refractivity contribution in [2.45, 2.75) is 39.0 Å². The van der Waals surface area contributed by atoms with Crippen LogP contribution in [0.4, 0.5) is 0 Å². The maximum absolute atomic E-state index is 12.0. The largest absolute Gasteiger partial charge is 0.492 e. The highest BCUT2D eigenvalue weighted by Crippen LogP contribution is 2.24. The zero-order valence-corrected chi connectivity index (χ0v) is 16.1. The Bertz CT molecular complexity index is 600. The van der Waals surface area contributed by atoms with Gasteiger partial charge in [0, 0.05) is 18.8 Å². The fourth-order valence-electron chi connectivity index (χ4n) is 3.19. The molecule has 144 valence electrons. The molecule has 1 aromatic carbocycles. The molecule has 1 aliphatic rings. The molecular formula is C20H32N3O3+. The number of carbonyl (C=O) groups is 2. The van der Waals surface area contributed by atoms with E-state index in [4.69, 9.17) is 10.5 Å². The number of quaternary nitrogens is 1. The lowest BCUT2D eigenvalue weighted by Crippen LogP contribution is -3.14. The lowest BCUT2D eigenvalue weighted by Gasteiger charge is -2.27. The van der Waals surface area contributed by atoms with E-state index in [0.717, 1.165) is 31.7 Å². The summed E-state index contributed by atoms with van der Waals surface area (Å²) in [7, 11) is 0. The topological polar surface area (TPSA) is 85.9 Å². The molecule has 1 fully saturated rings. The first-order chi connectivity index (χ1) is 12.3. The summed E-state index contributed by atoms with van der Waals surface area (Å²) in [5.41, 5.74) is 6.72. The maximum Gasteiger partial charge on any atom is 0.275 e. The van der Waals surface area contributed by atoms with E-state index in [1.807, 2.05) is 12.1 Å². The van der Waals surface area contributed by atoms with Crippen molar-refractivity contribution in [1.82, 2.24) is 5.32 Å². The van der Waals surface area contributed by atoms with Crippen LogP contribution in [0.5, 0.6) is 5.75 Å². The van der Waals surface area contributed by atoms with Crippen LogP contribution in [-0.4, -0.2) is 44.6 Å². The van der Waals surface area contributed by atoms with E-state index in [1.165, 1.54) is 10.5 Å². The number of ether oxygens (including phenoxy) is 1. The van der Waals surface area contributed by atoms with Crippen molar-refractivity contribution < 1.29 is 19.2 Å². The number of nitrogens with two attached hydrogens (primary N) is 1. The number of hydrogen-bond acceptors (Lipinski definition) is 3. The van der Waals surface area contributed by atoms with Crippen molar-refractivity contribution in [3.63, 3.8) is 0 Å². The van der Waals surface area contributed by atoms with Gasteiger partial charge in [-0.15, -0.1) is 0 Å². The first kappa shape index (κ1) is 20.2. The highest BCUT2D eigenvalue weighted by Gasteiger charge is 2.26. The minimum absolute atomic E-state index is 0.0178. The highest BCUT2D eigenvalue weighted by atomic mass is 16.5. The highest BCUT2D eigenvalue weighted by molar-refractivity contribution is 5.77. The number of rotatable bonds is 7. The van der Waals surface area contributed by atoms with Crippen molar-refractivity contribution in [2.24, 2.45) is 11.7 Å². The average molecular weight is 362 g/mol. The predicted molar refractivity (Wildman–Crippen MR) is 101 cm³/mol. The molecule has 0 saturated carbocycles. The Hall–Kier alpha value is -2.08. The molecule has 2 amide bonds. The lowest BCUT2D eigenvalue weighted by atomic mass is 9.87. The van der Waals surface area contributed by atoms with E-state index in [-0.39, 0.29) is 23.1 Å². The second-order valence-corrected chi connectivity index (χ2v) is 8.08. The van der Waals surface area contributed by atoms with E-state index in [0.29, 0.717) is 19.7 Å². The minimum Gasteiger partial charge on any atom is -0.492 e. The number of carbonyl (C=O) groups excluding carboxylic acids is 2. The predicted octanol–water partition coefficient (Wildman–Crippen LogP) is 0.259. The van der Waals surface area contributed by atoms with Gasteiger partial charge in [-0.25, -0.2) is 0 Å². The van der Waals surface area contributed by atoms with Crippen molar-refractivity contribution in [2.75, 3.05) is 32.8 Å². The molecular weight excluding hydrogens is 330 g/mol. The number of primary amides is 1. The monoisotopic (exact) mass is 362 g/mol. The average Bonchev–Trinajstić information content (AvgIpc) is 2.59. The summed E-state index contributed by atoms with van der Waals surface area (Å²) in [4.78, 5) is 24.4. The second kappa shape index (κ2) is 9.03. The molecule has 1 aliphatic heterocycles. The van der Waals surface area contributed by atoms with Gasteiger partial charge in [-0.1, -0.05) is 32.9 Å². The third-order valence-corrected chi connectivity index (χ3v) is 4.92. The third kappa shape index (κ3) is 6.33. The summed E-state index contributed by atoms with van der Waals surface area (Å²) in [6.45, 7) is 9.53. The van der Waals surface area contributed by atoms with Gasteiger partial charge < -0.3 is 20.7 Å². The van der Waals surface area contributed by atoms with E-state index < -0.39 is 0 Å². The van der Waals surface area contributed by atoms with E-state index in [9.17, 15) is 9.59 Å². The van der Waals surface area contributed by atoms with Gasteiger partial charge in [-0.3, -0.25) is 9.59 Å². The van der Waals surface area contributed by atoms with Crippen molar-refractivity contribution >= 4 is 11.8 Å². The van der Waals surface area contributed by atoms with Gasteiger partial charge in [0.1, 0.15) is 12.4 Å². The summed E-state index contributed by atoms with van der Waals surface area (Å²) in [5.74, 6) is 0.580. The molecule has 0 bridgehead atoms. The summed E-state index contributed by atoms with van der Waals surface area (Å²) in [6, 6.07) is 8.09. The van der Waals surface area contributed by atoms with Crippen LogP contribution in [0.15, 0.2) is 24.3 Å². The van der Waals surface area contributed by atoms with Gasteiger partial charge in [-0.05, 0) is 23.1 Å². The normalized spacial score (nSPS) is 20.4. The minimum atomic E-state index is -0.221. The molecule has 0 radical (unpaired) electrons. The third-order valence-electron chi connectivity index (χ3n) is 4.92. The first-order valence-electron chi connectivity index (χ1n) is 9.38. The van der Waals surface area contributed by atoms with Crippen LogP contribution in [0, 0.1) is 5.92 Å². The van der Waals surface area contributed by atoms with Gasteiger partial charge in [0.2, 0.25) is 5.91 Å². The molecule has 0 unspecified atom stereocenters. The van der Waals surface area contributed by atoms with Crippen LogP contribution in [0.2, 0.25) is 0 Å². The zero-order valence-electron chi connectivity index (χ0n) is 16.1. The lowest BCUT2D eigenvalue weighted by molar-refractivity contribution is -0.897. The van der Waals surface area contributed by atoms with Crippen LogP contribution in [0.1, 0.15) is 39.2 Å². The Balaban J connectivity index is 1.62. The van der Waals surface area contributed by atoms with E-state index >= 15 is 0 Å². The van der Waals surface area contributed by atoms with Gasteiger partial charge in [0.05, 0.1) is 19.6 Å².